The number of nitrogens with zero attached hydrogens (tertiary/aromatic N) is 2. The fourth-order valence-corrected chi connectivity index (χ4v) is 3.17. The molecule has 0 fully saturated rings. The van der Waals surface area contributed by atoms with Crippen molar-refractivity contribution >= 4 is 17.5 Å². The summed E-state index contributed by atoms with van der Waals surface area (Å²) in [5.41, 5.74) is 1.07. The summed E-state index contributed by atoms with van der Waals surface area (Å²) in [6, 6.07) is 9.94. The molecule has 168 valence electrons. The van der Waals surface area contributed by atoms with E-state index in [1.54, 1.807) is 48.9 Å². The Kier molecular flexibility index (Phi) is 7.69. The number of benzene rings is 2. The summed E-state index contributed by atoms with van der Waals surface area (Å²) in [5, 5.41) is 5.68. The van der Waals surface area contributed by atoms with Crippen molar-refractivity contribution in [3.63, 3.8) is 0 Å². The Bertz CT molecular complexity index is 1040. The summed E-state index contributed by atoms with van der Waals surface area (Å²) in [5.74, 6) is 0.435. The Hall–Kier alpha value is -4.01. The summed E-state index contributed by atoms with van der Waals surface area (Å²) in [4.78, 5) is 29.6. The van der Waals surface area contributed by atoms with Gasteiger partial charge >= 0.3 is 0 Å². The van der Waals surface area contributed by atoms with Gasteiger partial charge in [0.1, 0.15) is 0 Å². The van der Waals surface area contributed by atoms with E-state index in [1.165, 1.54) is 21.3 Å². The lowest BCUT2D eigenvalue weighted by Crippen LogP contribution is -2.26. The van der Waals surface area contributed by atoms with Crippen molar-refractivity contribution in [2.24, 2.45) is 0 Å². The molecule has 0 saturated carbocycles. The predicted molar refractivity (Wildman–Crippen MR) is 120 cm³/mol. The SMILES string of the molecule is COc1cc(C(=O)Nc2ccccc2C(=O)NCCCn2ccnc2)cc(OC)c1OC. The Morgan fingerprint density at radius 1 is 1.00 bits per heavy atom. The molecule has 0 aliphatic heterocycles. The molecule has 2 aromatic carbocycles. The van der Waals surface area contributed by atoms with Crippen LogP contribution in [0.1, 0.15) is 27.1 Å². The highest BCUT2D eigenvalue weighted by Crippen LogP contribution is 2.38. The molecule has 9 nitrogen and oxygen atoms in total. The lowest BCUT2D eigenvalue weighted by atomic mass is 10.1. The number of nitrogens with one attached hydrogen (secondary N) is 2. The minimum Gasteiger partial charge on any atom is -0.493 e. The van der Waals surface area contributed by atoms with E-state index in [2.05, 4.69) is 15.6 Å². The van der Waals surface area contributed by atoms with E-state index >= 15 is 0 Å². The molecule has 0 bridgehead atoms. The molecule has 0 saturated heterocycles. The fraction of sp³-hybridized carbons (Fsp3) is 0.261. The van der Waals surface area contributed by atoms with Crippen LogP contribution in [0.5, 0.6) is 17.2 Å². The van der Waals surface area contributed by atoms with Gasteiger partial charge in [-0.15, -0.1) is 0 Å². The molecule has 3 rings (SSSR count). The smallest absolute Gasteiger partial charge is 0.255 e. The molecule has 9 heteroatoms. The molecule has 1 aromatic heterocycles. The highest BCUT2D eigenvalue weighted by molar-refractivity contribution is 6.09. The van der Waals surface area contributed by atoms with Gasteiger partial charge in [-0.1, -0.05) is 12.1 Å². The zero-order valence-electron chi connectivity index (χ0n) is 18.3. The minimum atomic E-state index is -0.412. The topological polar surface area (TPSA) is 104 Å². The van der Waals surface area contributed by atoms with E-state index in [-0.39, 0.29) is 5.91 Å². The van der Waals surface area contributed by atoms with Crippen LogP contribution in [0.25, 0.3) is 0 Å². The zero-order valence-corrected chi connectivity index (χ0v) is 18.3. The third-order valence-electron chi connectivity index (χ3n) is 4.78. The molecule has 0 radical (unpaired) electrons. The molecule has 0 aliphatic carbocycles. The monoisotopic (exact) mass is 438 g/mol. The van der Waals surface area contributed by atoms with Crippen molar-refractivity contribution in [1.29, 1.82) is 0 Å². The third-order valence-corrected chi connectivity index (χ3v) is 4.78. The number of carbonyl (C=O) groups excluding carboxylic acids is 2. The van der Waals surface area contributed by atoms with Gasteiger partial charge in [0.05, 0.1) is 38.9 Å². The Labute approximate surface area is 186 Å². The quantitative estimate of drug-likeness (QED) is 0.472. The standard InChI is InChI=1S/C23H26N4O5/c1-30-19-13-16(14-20(31-2)21(19)32-3)22(28)26-18-8-5-4-7-17(18)23(29)25-9-6-11-27-12-10-24-15-27/h4-5,7-8,10,12-15H,6,9,11H2,1-3H3,(H,25,29)(H,26,28). The number of hydrogen-bond acceptors (Lipinski definition) is 6. The number of para-hydroxylation sites is 1. The molecule has 0 atom stereocenters. The maximum Gasteiger partial charge on any atom is 0.255 e. The molecule has 32 heavy (non-hydrogen) atoms. The molecule has 2 amide bonds. The first-order valence-corrected chi connectivity index (χ1v) is 10.0. The van der Waals surface area contributed by atoms with Crippen LogP contribution in [-0.4, -0.2) is 49.2 Å². The van der Waals surface area contributed by atoms with Crippen LogP contribution in [0.2, 0.25) is 0 Å². The molecule has 0 spiro atoms. The fourth-order valence-electron chi connectivity index (χ4n) is 3.17. The van der Waals surface area contributed by atoms with Crippen molar-refractivity contribution in [3.8, 4) is 17.2 Å². The number of anilines is 1. The summed E-state index contributed by atoms with van der Waals surface area (Å²) in [6.07, 6.45) is 6.07. The lowest BCUT2D eigenvalue weighted by Gasteiger charge is -2.15. The highest BCUT2D eigenvalue weighted by Gasteiger charge is 2.19. The molecule has 0 aliphatic rings. The van der Waals surface area contributed by atoms with Gasteiger partial charge in [-0.05, 0) is 30.7 Å². The Morgan fingerprint density at radius 3 is 2.34 bits per heavy atom. The number of hydrogen-bond donors (Lipinski definition) is 2. The van der Waals surface area contributed by atoms with E-state index < -0.39 is 5.91 Å². The van der Waals surface area contributed by atoms with E-state index in [4.69, 9.17) is 14.2 Å². The molecule has 1 heterocycles. The van der Waals surface area contributed by atoms with Gasteiger partial charge in [-0.25, -0.2) is 4.98 Å². The third kappa shape index (κ3) is 5.37. The van der Waals surface area contributed by atoms with Crippen LogP contribution >= 0.6 is 0 Å². The first-order valence-electron chi connectivity index (χ1n) is 10.0. The molecule has 3 aromatic rings. The molecule has 2 N–H and O–H groups in total. The van der Waals surface area contributed by atoms with Gasteiger partial charge in [0.2, 0.25) is 5.75 Å². The maximum absolute atomic E-state index is 12.9. The second-order valence-corrected chi connectivity index (χ2v) is 6.82. The summed E-state index contributed by atoms with van der Waals surface area (Å²) >= 11 is 0. The van der Waals surface area contributed by atoms with Crippen molar-refractivity contribution in [2.75, 3.05) is 33.2 Å². The Morgan fingerprint density at radius 2 is 1.72 bits per heavy atom. The molecule has 0 unspecified atom stereocenters. The van der Waals surface area contributed by atoms with Gasteiger partial charge in [-0.3, -0.25) is 9.59 Å². The molecular weight excluding hydrogens is 412 g/mol. The van der Waals surface area contributed by atoms with Crippen LogP contribution in [0.4, 0.5) is 5.69 Å². The van der Waals surface area contributed by atoms with Crippen molar-refractivity contribution in [3.05, 3.63) is 66.2 Å². The largest absolute Gasteiger partial charge is 0.493 e. The van der Waals surface area contributed by atoms with Crippen molar-refractivity contribution in [2.45, 2.75) is 13.0 Å². The van der Waals surface area contributed by atoms with Crippen LogP contribution in [0, 0.1) is 0 Å². The predicted octanol–water partition coefficient (Wildman–Crippen LogP) is 2.98. The average Bonchev–Trinajstić information content (AvgIpc) is 3.34. The minimum absolute atomic E-state index is 0.267. The van der Waals surface area contributed by atoms with Gasteiger partial charge in [0.25, 0.3) is 11.8 Å². The van der Waals surface area contributed by atoms with Gasteiger partial charge < -0.3 is 29.4 Å². The van der Waals surface area contributed by atoms with E-state index in [0.29, 0.717) is 40.6 Å². The number of ether oxygens (including phenoxy) is 3. The van der Waals surface area contributed by atoms with Crippen LogP contribution < -0.4 is 24.8 Å². The highest BCUT2D eigenvalue weighted by atomic mass is 16.5. The number of imidazole rings is 1. The van der Waals surface area contributed by atoms with Gasteiger partial charge in [-0.2, -0.15) is 0 Å². The van der Waals surface area contributed by atoms with E-state index in [9.17, 15) is 9.59 Å². The second kappa shape index (κ2) is 10.9. The van der Waals surface area contributed by atoms with Crippen LogP contribution in [0.15, 0.2) is 55.1 Å². The van der Waals surface area contributed by atoms with Crippen LogP contribution in [-0.2, 0) is 6.54 Å². The summed E-state index contributed by atoms with van der Waals surface area (Å²) < 4.78 is 17.9. The first kappa shape index (κ1) is 22.7. The Balaban J connectivity index is 1.70. The van der Waals surface area contributed by atoms with Crippen LogP contribution in [0.3, 0.4) is 0 Å². The van der Waals surface area contributed by atoms with E-state index in [0.717, 1.165) is 13.0 Å². The number of aryl methyl sites for hydroxylation is 1. The maximum atomic E-state index is 12.9. The summed E-state index contributed by atoms with van der Waals surface area (Å²) in [7, 11) is 4.45. The molecular formula is C23H26N4O5. The van der Waals surface area contributed by atoms with Crippen molar-refractivity contribution < 1.29 is 23.8 Å². The lowest BCUT2D eigenvalue weighted by molar-refractivity contribution is 0.0953. The van der Waals surface area contributed by atoms with Gasteiger partial charge in [0, 0.05) is 31.0 Å². The number of rotatable bonds is 10. The van der Waals surface area contributed by atoms with Gasteiger partial charge in [0.15, 0.2) is 11.5 Å². The summed E-state index contributed by atoms with van der Waals surface area (Å²) in [6.45, 7) is 1.24. The van der Waals surface area contributed by atoms with E-state index in [1.807, 2.05) is 10.8 Å². The zero-order chi connectivity index (χ0) is 22.9. The number of amides is 2. The van der Waals surface area contributed by atoms with Crippen molar-refractivity contribution in [1.82, 2.24) is 14.9 Å². The second-order valence-electron chi connectivity index (χ2n) is 6.82. The average molecular weight is 438 g/mol. The number of carbonyl (C=O) groups is 2. The normalized spacial score (nSPS) is 10.3. The first-order chi connectivity index (χ1) is 15.6. The number of methoxy groups -OCH3 is 3. The number of aromatic nitrogens is 2.